The lowest BCUT2D eigenvalue weighted by molar-refractivity contribution is -0.293. The van der Waals surface area contributed by atoms with Crippen molar-refractivity contribution in [1.29, 1.82) is 0 Å². The van der Waals surface area contributed by atoms with Crippen molar-refractivity contribution >= 4 is 11.9 Å². The van der Waals surface area contributed by atoms with E-state index in [2.05, 4.69) is 4.89 Å². The Morgan fingerprint density at radius 2 is 1.41 bits per heavy atom. The van der Waals surface area contributed by atoms with E-state index in [0.29, 0.717) is 32.8 Å². The second-order valence-electron chi connectivity index (χ2n) is 5.23. The molecule has 29 heavy (non-hydrogen) atoms. The van der Waals surface area contributed by atoms with Crippen LogP contribution in [0.25, 0.3) is 0 Å². The second kappa shape index (κ2) is 20.6. The topological polar surface area (TPSA) is 133 Å². The van der Waals surface area contributed by atoms with Crippen LogP contribution < -0.4 is 0 Å². The average Bonchev–Trinajstić information content (AvgIpc) is 2.69. The van der Waals surface area contributed by atoms with Crippen molar-refractivity contribution < 1.29 is 49.1 Å². The van der Waals surface area contributed by atoms with Crippen molar-refractivity contribution in [2.75, 3.05) is 59.3 Å². The number of carboxylic acids is 1. The number of carboxylic acid groups (broad SMARTS) is 1. The first-order chi connectivity index (χ1) is 14.1. The molecule has 0 heterocycles. The van der Waals surface area contributed by atoms with Gasteiger partial charge in [0.15, 0.2) is 0 Å². The van der Waals surface area contributed by atoms with Gasteiger partial charge in [0.25, 0.3) is 0 Å². The van der Waals surface area contributed by atoms with Crippen molar-refractivity contribution in [2.24, 2.45) is 0 Å². The zero-order chi connectivity index (χ0) is 21.6. The molecule has 0 saturated carbocycles. The number of rotatable bonds is 19. The van der Waals surface area contributed by atoms with Crippen LogP contribution in [0, 0.1) is 0 Å². The summed E-state index contributed by atoms with van der Waals surface area (Å²) in [6, 6.07) is 0. The minimum atomic E-state index is -1.07. The normalized spacial score (nSPS) is 12.0. The quantitative estimate of drug-likeness (QED) is 0.0775. The number of esters is 1. The third-order valence-electron chi connectivity index (χ3n) is 3.05. The number of carbonyl (C=O) groups excluding carboxylic acids is 1. The molecule has 0 aromatic carbocycles. The number of nitrogens with zero attached hydrogens (tertiary/aromatic N) is 1. The Labute approximate surface area is 169 Å². The van der Waals surface area contributed by atoms with E-state index in [0.717, 1.165) is 12.2 Å². The van der Waals surface area contributed by atoms with Crippen LogP contribution in [0.5, 0.6) is 0 Å². The molecule has 0 saturated heterocycles. The fourth-order valence-corrected chi connectivity index (χ4v) is 1.72. The Hall–Kier alpha value is -2.12. The zero-order valence-electron chi connectivity index (χ0n) is 16.4. The van der Waals surface area contributed by atoms with Gasteiger partial charge in [-0.3, -0.25) is 10.2 Å². The van der Waals surface area contributed by atoms with Crippen LogP contribution in [0.15, 0.2) is 36.5 Å². The largest absolute Gasteiger partial charge is 0.478 e. The molecule has 0 aliphatic rings. The summed E-state index contributed by atoms with van der Waals surface area (Å²) in [6.45, 7) is 4.11. The first-order valence-corrected chi connectivity index (χ1v) is 8.91. The van der Waals surface area contributed by atoms with Crippen molar-refractivity contribution in [3.63, 3.8) is 0 Å². The summed E-state index contributed by atoms with van der Waals surface area (Å²) in [4.78, 5) is 47.3. The highest BCUT2D eigenvalue weighted by Gasteiger charge is 2.07. The third kappa shape index (κ3) is 20.4. The molecule has 0 atom stereocenters. The van der Waals surface area contributed by atoms with Crippen LogP contribution >= 0.6 is 0 Å². The number of allylic oxidation sites excluding steroid dienone is 1. The summed E-state index contributed by atoms with van der Waals surface area (Å²) in [5.74, 6) is -1.62. The van der Waals surface area contributed by atoms with Gasteiger partial charge in [0.1, 0.15) is 26.4 Å². The van der Waals surface area contributed by atoms with Crippen LogP contribution in [0.4, 0.5) is 0 Å². The van der Waals surface area contributed by atoms with E-state index < -0.39 is 11.9 Å². The van der Waals surface area contributed by atoms with Crippen molar-refractivity contribution in [1.82, 2.24) is 4.90 Å². The van der Waals surface area contributed by atoms with E-state index in [9.17, 15) is 9.59 Å². The molecule has 0 rings (SSSR count). The van der Waals surface area contributed by atoms with E-state index in [1.165, 1.54) is 12.2 Å². The Morgan fingerprint density at radius 1 is 0.828 bits per heavy atom. The lowest BCUT2D eigenvalue weighted by atomic mass is 10.4. The summed E-state index contributed by atoms with van der Waals surface area (Å²) in [5.41, 5.74) is 0. The summed E-state index contributed by atoms with van der Waals surface area (Å²) >= 11 is 0. The molecule has 0 fully saturated rings. The zero-order valence-corrected chi connectivity index (χ0v) is 16.4. The van der Waals surface area contributed by atoms with Gasteiger partial charge >= 0.3 is 11.9 Å². The highest BCUT2D eigenvalue weighted by Crippen LogP contribution is 1.94. The SMILES string of the molecule is C/C=C/COOCCN(CCOOC/C=C/C(=O)O)CCOC(=O)/C=C/COO. The Morgan fingerprint density at radius 3 is 2.00 bits per heavy atom. The number of hydrogen-bond acceptors (Lipinski definition) is 10. The van der Waals surface area contributed by atoms with Gasteiger partial charge in [0.2, 0.25) is 0 Å². The van der Waals surface area contributed by atoms with Gasteiger partial charge in [-0.2, -0.15) is 0 Å². The molecule has 11 nitrogen and oxygen atoms in total. The average molecular weight is 419 g/mol. The van der Waals surface area contributed by atoms with Gasteiger partial charge in [-0.25, -0.2) is 34.0 Å². The lowest BCUT2D eigenvalue weighted by Gasteiger charge is -2.21. The fraction of sp³-hybridized carbons (Fsp3) is 0.556. The third-order valence-corrected chi connectivity index (χ3v) is 3.05. The van der Waals surface area contributed by atoms with Gasteiger partial charge in [-0.05, 0) is 19.1 Å². The molecule has 166 valence electrons. The first-order valence-electron chi connectivity index (χ1n) is 8.91. The molecular formula is C18H29NO10. The second-order valence-corrected chi connectivity index (χ2v) is 5.23. The molecule has 0 amide bonds. The van der Waals surface area contributed by atoms with Gasteiger partial charge in [-0.15, -0.1) is 0 Å². The van der Waals surface area contributed by atoms with Gasteiger partial charge in [-0.1, -0.05) is 12.2 Å². The maximum Gasteiger partial charge on any atom is 0.330 e. The number of aliphatic carboxylic acids is 1. The van der Waals surface area contributed by atoms with Crippen molar-refractivity contribution in [3.8, 4) is 0 Å². The Balaban J connectivity index is 4.13. The van der Waals surface area contributed by atoms with Crippen LogP contribution in [0.3, 0.4) is 0 Å². The monoisotopic (exact) mass is 419 g/mol. The fourth-order valence-electron chi connectivity index (χ4n) is 1.72. The maximum atomic E-state index is 11.5. The minimum Gasteiger partial charge on any atom is -0.478 e. The van der Waals surface area contributed by atoms with Gasteiger partial charge in [0, 0.05) is 31.8 Å². The molecule has 0 aromatic heterocycles. The predicted octanol–water partition coefficient (Wildman–Crippen LogP) is 0.991. The standard InChI is InChI=1S/C18H29NO10/c1-2-3-12-26-28-15-9-19(8-14-24-18(22)7-5-11-25-23)10-16-29-27-13-4-6-17(20)21/h2-7,23H,8-16H2,1H3,(H,20,21)/b3-2+,6-4+,7-5+. The predicted molar refractivity (Wildman–Crippen MR) is 101 cm³/mol. The van der Waals surface area contributed by atoms with Crippen molar-refractivity contribution in [2.45, 2.75) is 6.92 Å². The maximum absolute atomic E-state index is 11.5. The highest BCUT2D eigenvalue weighted by atomic mass is 17.2. The van der Waals surface area contributed by atoms with E-state index in [1.54, 1.807) is 6.08 Å². The van der Waals surface area contributed by atoms with E-state index in [1.807, 2.05) is 17.9 Å². The molecular weight excluding hydrogens is 390 g/mol. The number of hydrogen-bond donors (Lipinski definition) is 2. The molecule has 2 N–H and O–H groups in total. The molecule has 0 unspecified atom stereocenters. The summed E-state index contributed by atoms with van der Waals surface area (Å²) in [6.07, 6.45) is 8.38. The summed E-state index contributed by atoms with van der Waals surface area (Å²) < 4.78 is 5.04. The number of ether oxygens (including phenoxy) is 1. The van der Waals surface area contributed by atoms with E-state index >= 15 is 0 Å². The van der Waals surface area contributed by atoms with Crippen LogP contribution in [-0.2, 0) is 38.8 Å². The molecule has 0 aromatic rings. The van der Waals surface area contributed by atoms with Crippen molar-refractivity contribution in [3.05, 3.63) is 36.5 Å². The van der Waals surface area contributed by atoms with E-state index in [-0.39, 0.29) is 26.4 Å². The van der Waals surface area contributed by atoms with Gasteiger partial charge in [0.05, 0.1) is 13.2 Å². The summed E-state index contributed by atoms with van der Waals surface area (Å²) in [5, 5.41) is 16.6. The highest BCUT2D eigenvalue weighted by molar-refractivity contribution is 5.81. The number of carbonyl (C=O) groups is 2. The molecule has 11 heteroatoms. The minimum absolute atomic E-state index is 0.00962. The molecule has 0 radical (unpaired) electrons. The molecule has 0 bridgehead atoms. The van der Waals surface area contributed by atoms with E-state index in [4.69, 9.17) is 34.7 Å². The van der Waals surface area contributed by atoms with Crippen LogP contribution in [0.2, 0.25) is 0 Å². The molecule has 0 aliphatic heterocycles. The smallest absolute Gasteiger partial charge is 0.330 e. The van der Waals surface area contributed by atoms with Crippen LogP contribution in [0.1, 0.15) is 6.92 Å². The first kappa shape index (κ1) is 26.9. The lowest BCUT2D eigenvalue weighted by Crippen LogP contribution is -2.34. The Kier molecular flexibility index (Phi) is 19.1. The molecule has 0 aliphatic carbocycles. The molecule has 0 spiro atoms. The summed E-state index contributed by atoms with van der Waals surface area (Å²) in [7, 11) is 0. The van der Waals surface area contributed by atoms with Gasteiger partial charge < -0.3 is 9.84 Å². The van der Waals surface area contributed by atoms with Crippen LogP contribution in [-0.4, -0.2) is 86.5 Å². The Bertz CT molecular complexity index is 507.